The van der Waals surface area contributed by atoms with Gasteiger partial charge in [-0.15, -0.1) is 0 Å². The first kappa shape index (κ1) is 16.3. The zero-order valence-corrected chi connectivity index (χ0v) is 14.8. The molecule has 4 heteroatoms. The molecule has 1 aromatic heterocycles. The molecule has 0 bridgehead atoms. The minimum Gasteiger partial charge on any atom is -0.343 e. The number of hydrogen-bond acceptors (Lipinski definition) is 3. The van der Waals surface area contributed by atoms with Crippen LogP contribution in [0.4, 0.5) is 17.1 Å². The summed E-state index contributed by atoms with van der Waals surface area (Å²) >= 11 is 0. The minimum atomic E-state index is -0.0361. The summed E-state index contributed by atoms with van der Waals surface area (Å²) < 4.78 is 0. The molecule has 4 rings (SSSR count). The minimum absolute atomic E-state index is 0.0361. The van der Waals surface area contributed by atoms with Crippen molar-refractivity contribution in [3.63, 3.8) is 0 Å². The highest BCUT2D eigenvalue weighted by molar-refractivity contribution is 6.05. The molecular formula is C22H21N3O. The van der Waals surface area contributed by atoms with E-state index in [2.05, 4.69) is 16.0 Å². The standard InChI is InChI=1S/C22H21N3O/c1-24(18-10-3-2-4-11-18)19-13-14-20(23-16-19)22(26)25-15-7-9-17-8-5-6-12-21(17)25/h2-6,8,10-14,16H,7,9,15H2,1H3. The Labute approximate surface area is 153 Å². The van der Waals surface area contributed by atoms with Crippen molar-refractivity contribution in [3.8, 4) is 0 Å². The Hall–Kier alpha value is -3.14. The molecule has 2 aromatic carbocycles. The van der Waals surface area contributed by atoms with Gasteiger partial charge in [-0.05, 0) is 48.7 Å². The zero-order chi connectivity index (χ0) is 17.9. The van der Waals surface area contributed by atoms with Crippen molar-refractivity contribution >= 4 is 23.0 Å². The summed E-state index contributed by atoms with van der Waals surface area (Å²) in [4.78, 5) is 21.3. The van der Waals surface area contributed by atoms with Gasteiger partial charge in [0.15, 0.2) is 0 Å². The highest BCUT2D eigenvalue weighted by Gasteiger charge is 2.24. The predicted molar refractivity (Wildman–Crippen MR) is 105 cm³/mol. The normalized spacial score (nSPS) is 13.2. The lowest BCUT2D eigenvalue weighted by atomic mass is 10.0. The number of hydrogen-bond donors (Lipinski definition) is 0. The zero-order valence-electron chi connectivity index (χ0n) is 14.8. The molecule has 0 saturated carbocycles. The fraction of sp³-hybridized carbons (Fsp3) is 0.182. The average molecular weight is 343 g/mol. The number of aromatic nitrogens is 1. The van der Waals surface area contributed by atoms with Gasteiger partial charge in [0.1, 0.15) is 5.69 Å². The van der Waals surface area contributed by atoms with Crippen LogP contribution in [0.25, 0.3) is 0 Å². The maximum atomic E-state index is 13.0. The van der Waals surface area contributed by atoms with Gasteiger partial charge in [0.05, 0.1) is 11.9 Å². The molecule has 4 nitrogen and oxygen atoms in total. The van der Waals surface area contributed by atoms with Crippen LogP contribution in [0.15, 0.2) is 72.9 Å². The number of pyridine rings is 1. The Morgan fingerprint density at radius 3 is 2.50 bits per heavy atom. The third-order valence-electron chi connectivity index (χ3n) is 4.85. The van der Waals surface area contributed by atoms with Crippen molar-refractivity contribution in [2.75, 3.05) is 23.4 Å². The van der Waals surface area contributed by atoms with Crippen LogP contribution in [-0.2, 0) is 6.42 Å². The van der Waals surface area contributed by atoms with Crippen LogP contribution in [0, 0.1) is 0 Å². The predicted octanol–water partition coefficient (Wildman–Crippen LogP) is 4.44. The number of benzene rings is 2. The van der Waals surface area contributed by atoms with E-state index in [1.54, 1.807) is 6.20 Å². The molecule has 130 valence electrons. The number of rotatable bonds is 3. The van der Waals surface area contributed by atoms with Crippen LogP contribution >= 0.6 is 0 Å². The summed E-state index contributed by atoms with van der Waals surface area (Å²) in [5, 5.41) is 0. The van der Waals surface area contributed by atoms with E-state index >= 15 is 0 Å². The molecule has 0 saturated heterocycles. The third kappa shape index (κ3) is 3.06. The van der Waals surface area contributed by atoms with Crippen molar-refractivity contribution < 1.29 is 4.79 Å². The second-order valence-electron chi connectivity index (χ2n) is 6.49. The van der Waals surface area contributed by atoms with Gasteiger partial charge < -0.3 is 9.80 Å². The fourth-order valence-corrected chi connectivity index (χ4v) is 3.39. The van der Waals surface area contributed by atoms with Crippen LogP contribution < -0.4 is 9.80 Å². The highest BCUT2D eigenvalue weighted by atomic mass is 16.2. The van der Waals surface area contributed by atoms with Crippen molar-refractivity contribution in [1.82, 2.24) is 4.98 Å². The third-order valence-corrected chi connectivity index (χ3v) is 4.85. The second-order valence-corrected chi connectivity index (χ2v) is 6.49. The van der Waals surface area contributed by atoms with Crippen molar-refractivity contribution in [1.29, 1.82) is 0 Å². The van der Waals surface area contributed by atoms with E-state index in [0.29, 0.717) is 5.69 Å². The molecule has 1 aliphatic heterocycles. The molecule has 26 heavy (non-hydrogen) atoms. The Morgan fingerprint density at radius 1 is 0.962 bits per heavy atom. The maximum Gasteiger partial charge on any atom is 0.276 e. The quantitative estimate of drug-likeness (QED) is 0.705. The molecular weight excluding hydrogens is 322 g/mol. The summed E-state index contributed by atoms with van der Waals surface area (Å²) in [6, 6.07) is 22.0. The van der Waals surface area contributed by atoms with Crippen molar-refractivity contribution in [3.05, 3.63) is 84.2 Å². The summed E-state index contributed by atoms with van der Waals surface area (Å²) in [7, 11) is 1.99. The summed E-state index contributed by atoms with van der Waals surface area (Å²) in [5.74, 6) is -0.0361. The van der Waals surface area contributed by atoms with Crippen LogP contribution in [0.5, 0.6) is 0 Å². The summed E-state index contributed by atoms with van der Waals surface area (Å²) in [6.07, 6.45) is 3.77. The Balaban J connectivity index is 1.57. The smallest absolute Gasteiger partial charge is 0.276 e. The molecule has 0 spiro atoms. The fourth-order valence-electron chi connectivity index (χ4n) is 3.39. The van der Waals surface area contributed by atoms with Crippen LogP contribution in [0.2, 0.25) is 0 Å². The van der Waals surface area contributed by atoms with E-state index in [0.717, 1.165) is 36.4 Å². The highest BCUT2D eigenvalue weighted by Crippen LogP contribution is 2.28. The first-order valence-corrected chi connectivity index (χ1v) is 8.88. The van der Waals surface area contributed by atoms with E-state index in [1.165, 1.54) is 5.56 Å². The van der Waals surface area contributed by atoms with Gasteiger partial charge in [-0.3, -0.25) is 4.79 Å². The first-order valence-electron chi connectivity index (χ1n) is 8.88. The number of amides is 1. The lowest BCUT2D eigenvalue weighted by Gasteiger charge is -2.29. The molecule has 0 fully saturated rings. The molecule has 0 atom stereocenters. The molecule has 0 unspecified atom stereocenters. The van der Waals surface area contributed by atoms with Gasteiger partial charge in [0, 0.05) is 25.0 Å². The number of nitrogens with zero attached hydrogens (tertiary/aromatic N) is 3. The first-order chi connectivity index (χ1) is 12.7. The van der Waals surface area contributed by atoms with E-state index in [1.807, 2.05) is 72.6 Å². The van der Waals surface area contributed by atoms with Gasteiger partial charge in [-0.1, -0.05) is 36.4 Å². The van der Waals surface area contributed by atoms with Gasteiger partial charge >= 0.3 is 0 Å². The van der Waals surface area contributed by atoms with Gasteiger partial charge in [-0.2, -0.15) is 0 Å². The van der Waals surface area contributed by atoms with Crippen LogP contribution in [-0.4, -0.2) is 24.5 Å². The van der Waals surface area contributed by atoms with E-state index < -0.39 is 0 Å². The van der Waals surface area contributed by atoms with E-state index in [-0.39, 0.29) is 5.91 Å². The van der Waals surface area contributed by atoms with Crippen LogP contribution in [0.3, 0.4) is 0 Å². The number of para-hydroxylation sites is 2. The number of fused-ring (bicyclic) bond motifs is 1. The van der Waals surface area contributed by atoms with Gasteiger partial charge in [0.2, 0.25) is 0 Å². The largest absolute Gasteiger partial charge is 0.343 e. The molecule has 1 amide bonds. The van der Waals surface area contributed by atoms with E-state index in [4.69, 9.17) is 0 Å². The van der Waals surface area contributed by atoms with Crippen molar-refractivity contribution in [2.45, 2.75) is 12.8 Å². The molecule has 1 aliphatic rings. The maximum absolute atomic E-state index is 13.0. The topological polar surface area (TPSA) is 36.4 Å². The second kappa shape index (κ2) is 7.00. The Kier molecular flexibility index (Phi) is 4.40. The van der Waals surface area contributed by atoms with Crippen molar-refractivity contribution in [2.24, 2.45) is 0 Å². The average Bonchev–Trinajstić information content (AvgIpc) is 2.73. The number of carbonyl (C=O) groups excluding carboxylic acids is 1. The van der Waals surface area contributed by atoms with E-state index in [9.17, 15) is 4.79 Å². The monoisotopic (exact) mass is 343 g/mol. The SMILES string of the molecule is CN(c1ccccc1)c1ccc(C(=O)N2CCCc3ccccc32)nc1. The van der Waals surface area contributed by atoms with Crippen LogP contribution in [0.1, 0.15) is 22.5 Å². The lowest BCUT2D eigenvalue weighted by Crippen LogP contribution is -2.35. The molecule has 0 aliphatic carbocycles. The number of carbonyl (C=O) groups is 1. The molecule has 3 aromatic rings. The number of anilines is 3. The molecule has 0 N–H and O–H groups in total. The Morgan fingerprint density at radius 2 is 1.73 bits per heavy atom. The summed E-state index contributed by atoms with van der Waals surface area (Å²) in [5.41, 5.74) is 4.75. The number of aryl methyl sites for hydroxylation is 1. The Bertz CT molecular complexity index is 906. The van der Waals surface area contributed by atoms with Gasteiger partial charge in [0.25, 0.3) is 5.91 Å². The lowest BCUT2D eigenvalue weighted by molar-refractivity contribution is 0.0980. The van der Waals surface area contributed by atoms with Gasteiger partial charge in [-0.25, -0.2) is 4.98 Å². The summed E-state index contributed by atoms with van der Waals surface area (Å²) in [6.45, 7) is 0.739. The molecule has 0 radical (unpaired) electrons. The molecule has 2 heterocycles.